The van der Waals surface area contributed by atoms with Gasteiger partial charge < -0.3 is 63.2 Å². The van der Waals surface area contributed by atoms with Crippen LogP contribution in [0.3, 0.4) is 0 Å². The molecular weight excluding hydrogens is 798 g/mol. The number of nitrogens with zero attached hydrogens (tertiary/aromatic N) is 5. The second-order valence-corrected chi connectivity index (χ2v) is 13.2. The number of nitrogens with one attached hydrogen (secondary N) is 4. The van der Waals surface area contributed by atoms with Crippen molar-refractivity contribution in [3.63, 3.8) is 0 Å². The average Bonchev–Trinajstić information content (AvgIpc) is 3.17. The van der Waals surface area contributed by atoms with Crippen LogP contribution in [0.15, 0.2) is 30.5 Å². The zero-order valence-electron chi connectivity index (χ0n) is 31.9. The fourth-order valence-electron chi connectivity index (χ4n) is 5.45. The van der Waals surface area contributed by atoms with Crippen molar-refractivity contribution < 1.29 is 68.7 Å². The molecule has 2 heterocycles. The van der Waals surface area contributed by atoms with Gasteiger partial charge in [0, 0.05) is 44.0 Å². The number of aromatic nitrogens is 4. The van der Waals surface area contributed by atoms with E-state index in [9.17, 15) is 63.6 Å². The number of rotatable bonds is 24. The van der Waals surface area contributed by atoms with Crippen LogP contribution >= 0.6 is 0 Å². The van der Waals surface area contributed by atoms with Gasteiger partial charge in [-0.2, -0.15) is 9.97 Å². The molecule has 13 N–H and O–H groups in total. The molecule has 1 aromatic carbocycles. The van der Waals surface area contributed by atoms with Crippen LogP contribution in [-0.4, -0.2) is 130 Å². The number of hydrogen-bond donors (Lipinski definition) is 11. The first-order chi connectivity index (χ1) is 28.2. The normalized spacial score (nSPS) is 12.8. The van der Waals surface area contributed by atoms with Crippen LogP contribution in [0, 0.1) is 0 Å². The van der Waals surface area contributed by atoms with Crippen molar-refractivity contribution in [2.24, 2.45) is 0 Å². The van der Waals surface area contributed by atoms with Crippen molar-refractivity contribution in [1.82, 2.24) is 41.2 Å². The molecule has 0 radical (unpaired) electrons. The molecule has 25 heteroatoms. The van der Waals surface area contributed by atoms with Crippen LogP contribution < -0.4 is 37.6 Å². The Morgan fingerprint density at radius 3 is 1.50 bits per heavy atom. The third kappa shape index (κ3) is 14.6. The summed E-state index contributed by atoms with van der Waals surface area (Å²) in [5.41, 5.74) is 13.1. The number of anilines is 3. The minimum atomic E-state index is -1.76. The first-order valence-corrected chi connectivity index (χ1v) is 17.9. The molecule has 2 aromatic heterocycles. The molecule has 0 unspecified atom stereocenters. The number of nitrogens with two attached hydrogens (primary N) is 2. The van der Waals surface area contributed by atoms with Crippen LogP contribution in [0.4, 0.5) is 17.5 Å². The Morgan fingerprint density at radius 2 is 1.05 bits per heavy atom. The third-order valence-electron chi connectivity index (χ3n) is 8.56. The number of fused-ring (bicyclic) bond motifs is 1. The second-order valence-electron chi connectivity index (χ2n) is 13.2. The zero-order chi connectivity index (χ0) is 44.7. The number of carboxylic acids is 5. The molecular formula is C35H43N11O14. The Kier molecular flexibility index (Phi) is 16.9. The lowest BCUT2D eigenvalue weighted by molar-refractivity contribution is -0.144. The summed E-state index contributed by atoms with van der Waals surface area (Å²) in [5.74, 6) is -11.6. The monoisotopic (exact) mass is 841 g/mol. The topological polar surface area (TPSA) is 410 Å². The zero-order valence-corrected chi connectivity index (χ0v) is 31.9. The van der Waals surface area contributed by atoms with Gasteiger partial charge in [-0.1, -0.05) is 0 Å². The van der Waals surface area contributed by atoms with Gasteiger partial charge in [0.05, 0.1) is 18.4 Å². The number of aliphatic carboxylic acids is 5. The molecule has 4 amide bonds. The highest BCUT2D eigenvalue weighted by Crippen LogP contribution is 2.19. The maximum atomic E-state index is 13.5. The van der Waals surface area contributed by atoms with Crippen LogP contribution in [0.1, 0.15) is 67.4 Å². The molecule has 0 aliphatic rings. The van der Waals surface area contributed by atoms with E-state index in [0.717, 1.165) is 0 Å². The molecule has 0 aliphatic carbocycles. The summed E-state index contributed by atoms with van der Waals surface area (Å²) in [6, 6.07) is -0.910. The molecule has 322 valence electrons. The summed E-state index contributed by atoms with van der Waals surface area (Å²) in [6.07, 6.45) is -3.55. The van der Waals surface area contributed by atoms with E-state index in [1.807, 2.05) is 5.32 Å². The van der Waals surface area contributed by atoms with Gasteiger partial charge in [0.15, 0.2) is 17.0 Å². The van der Waals surface area contributed by atoms with E-state index in [2.05, 4.69) is 35.9 Å². The number of hydrogen-bond acceptors (Lipinski definition) is 16. The number of nitrogen functional groups attached to an aromatic ring is 2. The number of benzene rings is 1. The second kappa shape index (κ2) is 21.7. The van der Waals surface area contributed by atoms with Crippen molar-refractivity contribution in [1.29, 1.82) is 0 Å². The fourth-order valence-corrected chi connectivity index (χ4v) is 5.45. The van der Waals surface area contributed by atoms with Gasteiger partial charge in [0.1, 0.15) is 24.2 Å². The molecule has 0 bridgehead atoms. The lowest BCUT2D eigenvalue weighted by Gasteiger charge is -2.26. The fraction of sp³-hybridized carbons (Fsp3) is 0.400. The van der Waals surface area contributed by atoms with Crippen molar-refractivity contribution in [3.05, 3.63) is 41.7 Å². The summed E-state index contributed by atoms with van der Waals surface area (Å²) in [4.78, 5) is 128. The molecule has 0 aliphatic heterocycles. The highest BCUT2D eigenvalue weighted by atomic mass is 16.4. The third-order valence-corrected chi connectivity index (χ3v) is 8.56. The maximum Gasteiger partial charge on any atom is 0.326 e. The van der Waals surface area contributed by atoms with Crippen LogP contribution in [-0.2, 0) is 44.9 Å². The van der Waals surface area contributed by atoms with E-state index < -0.39 is 129 Å². The van der Waals surface area contributed by atoms with E-state index in [-0.39, 0.29) is 35.0 Å². The van der Waals surface area contributed by atoms with E-state index in [1.165, 1.54) is 18.3 Å². The Bertz CT molecular complexity index is 2120. The molecule has 0 spiro atoms. The summed E-state index contributed by atoms with van der Waals surface area (Å²) >= 11 is 0. The quantitative estimate of drug-likeness (QED) is 0.0479. The SMILES string of the molecule is CN(Cc1cnc2nc(N)nc(N)c2n1)c1ccc(C(=O)N[C@@H](CCC(=O)O)C(=O)N[C@@H](CCC(=O)O)C(=O)N[C@@H](CCC(=O)O)C(=O)N[C@@H](CCC(=O)O)C(=O)O)cc1. The molecule has 60 heavy (non-hydrogen) atoms. The summed E-state index contributed by atoms with van der Waals surface area (Å²) in [5, 5.41) is 55.0. The standard InChI is InChI=1S/C35H43N11O14/c1-46(15-17-14-38-29-27(39-17)28(36)44-35(37)45-29)18-4-2-16(3-5-18)30(55)40-19(6-10-23(47)48)31(56)41-20(7-11-24(49)50)32(57)42-21(8-12-25(51)52)33(58)43-22(34(59)60)9-13-26(53)54/h2-5,14,19-22H,6-13,15H2,1H3,(H,40,55)(H,41,56)(H,42,57)(H,43,58)(H,47,48)(H,49,50)(H,51,52)(H,53,54)(H,59,60)(H4,36,37,38,44,45)/t19-,20-,21-,22-/m0/s1. The highest BCUT2D eigenvalue weighted by molar-refractivity contribution is 5.99. The average molecular weight is 842 g/mol. The van der Waals surface area contributed by atoms with E-state index in [4.69, 9.17) is 16.6 Å². The van der Waals surface area contributed by atoms with Gasteiger partial charge >= 0.3 is 29.8 Å². The van der Waals surface area contributed by atoms with Crippen LogP contribution in [0.2, 0.25) is 0 Å². The molecule has 0 fully saturated rings. The lowest BCUT2D eigenvalue weighted by Crippen LogP contribution is -2.58. The predicted octanol–water partition coefficient (Wildman–Crippen LogP) is -1.68. The minimum Gasteiger partial charge on any atom is -0.481 e. The predicted molar refractivity (Wildman–Crippen MR) is 205 cm³/mol. The van der Waals surface area contributed by atoms with E-state index >= 15 is 0 Å². The van der Waals surface area contributed by atoms with Gasteiger partial charge in [-0.05, 0) is 49.9 Å². The van der Waals surface area contributed by atoms with Crippen molar-refractivity contribution in [3.8, 4) is 0 Å². The first kappa shape index (κ1) is 46.7. The van der Waals surface area contributed by atoms with Gasteiger partial charge in [-0.25, -0.2) is 14.8 Å². The minimum absolute atomic E-state index is 0.0313. The summed E-state index contributed by atoms with van der Waals surface area (Å²) < 4.78 is 0. The molecule has 0 saturated carbocycles. The van der Waals surface area contributed by atoms with Crippen molar-refractivity contribution in [2.75, 3.05) is 23.4 Å². The molecule has 25 nitrogen and oxygen atoms in total. The van der Waals surface area contributed by atoms with Gasteiger partial charge in [0.25, 0.3) is 5.91 Å². The number of amides is 4. The van der Waals surface area contributed by atoms with E-state index in [1.54, 1.807) is 24.1 Å². The first-order valence-electron chi connectivity index (χ1n) is 17.9. The van der Waals surface area contributed by atoms with Crippen LogP contribution in [0.25, 0.3) is 11.2 Å². The smallest absolute Gasteiger partial charge is 0.326 e. The van der Waals surface area contributed by atoms with Crippen molar-refractivity contribution in [2.45, 2.75) is 82.1 Å². The Hall–Kier alpha value is -7.73. The largest absolute Gasteiger partial charge is 0.481 e. The summed E-state index contributed by atoms with van der Waals surface area (Å²) in [6.45, 7) is 0.229. The highest BCUT2D eigenvalue weighted by Gasteiger charge is 2.32. The van der Waals surface area contributed by atoms with Crippen molar-refractivity contribution >= 4 is 82.1 Å². The Labute approximate surface area is 339 Å². The number of carbonyl (C=O) groups is 9. The Balaban J connectivity index is 1.77. The molecule has 3 rings (SSSR count). The van der Waals surface area contributed by atoms with Crippen LogP contribution in [0.5, 0.6) is 0 Å². The number of carboxylic acid groups (broad SMARTS) is 5. The molecule has 4 atom stereocenters. The Morgan fingerprint density at radius 1 is 0.617 bits per heavy atom. The lowest BCUT2D eigenvalue weighted by atomic mass is 10.0. The number of carbonyl (C=O) groups excluding carboxylic acids is 4. The molecule has 0 saturated heterocycles. The van der Waals surface area contributed by atoms with E-state index in [0.29, 0.717) is 11.4 Å². The van der Waals surface area contributed by atoms with Gasteiger partial charge in [0.2, 0.25) is 23.7 Å². The van der Waals surface area contributed by atoms with Gasteiger partial charge in [-0.15, -0.1) is 0 Å². The van der Waals surface area contributed by atoms with Gasteiger partial charge in [-0.3, -0.25) is 38.4 Å². The summed E-state index contributed by atoms with van der Waals surface area (Å²) in [7, 11) is 1.73. The molecule has 3 aromatic rings. The maximum absolute atomic E-state index is 13.5.